The van der Waals surface area contributed by atoms with Crippen LogP contribution in [-0.2, 0) is 16.1 Å². The van der Waals surface area contributed by atoms with Gasteiger partial charge in [0.25, 0.3) is 0 Å². The largest absolute Gasteiger partial charge is 0.383 e. The van der Waals surface area contributed by atoms with Gasteiger partial charge in [-0.2, -0.15) is 0 Å². The number of rotatable bonds is 7. The van der Waals surface area contributed by atoms with Gasteiger partial charge in [0.05, 0.1) is 18.1 Å². The fourth-order valence-electron chi connectivity index (χ4n) is 2.18. The van der Waals surface area contributed by atoms with Gasteiger partial charge in [-0.3, -0.25) is 4.79 Å². The molecule has 0 bridgehead atoms. The maximum atomic E-state index is 12.2. The zero-order valence-electron chi connectivity index (χ0n) is 14.4. The summed E-state index contributed by atoms with van der Waals surface area (Å²) in [5.74, 6) is 0.200. The van der Waals surface area contributed by atoms with Crippen molar-refractivity contribution in [3.05, 3.63) is 40.2 Å². The number of carbonyl (C=O) groups excluding carboxylic acids is 1. The van der Waals surface area contributed by atoms with Crippen molar-refractivity contribution < 1.29 is 9.53 Å². The number of hydrogen-bond acceptors (Lipinski definition) is 4. The van der Waals surface area contributed by atoms with Gasteiger partial charge >= 0.3 is 0 Å². The second kappa shape index (κ2) is 8.55. The Morgan fingerprint density at radius 1 is 1.38 bits per heavy atom. The molecule has 1 amide bonds. The molecule has 0 atom stereocenters. The molecule has 1 N–H and O–H groups in total. The average molecular weight is 368 g/mol. The molecule has 1 heterocycles. The van der Waals surface area contributed by atoms with Crippen molar-refractivity contribution in [1.82, 2.24) is 9.55 Å². The summed E-state index contributed by atoms with van der Waals surface area (Å²) < 4.78 is 7.22. The summed E-state index contributed by atoms with van der Waals surface area (Å²) >= 11 is 7.50. The molecule has 2 rings (SSSR count). The Balaban J connectivity index is 1.98. The number of nitrogens with zero attached hydrogens (tertiary/aromatic N) is 2. The van der Waals surface area contributed by atoms with Crippen molar-refractivity contribution in [3.63, 3.8) is 0 Å². The highest BCUT2D eigenvalue weighted by molar-refractivity contribution is 7.99. The number of benzene rings is 1. The van der Waals surface area contributed by atoms with Gasteiger partial charge in [0.2, 0.25) is 5.91 Å². The highest BCUT2D eigenvalue weighted by Crippen LogP contribution is 2.23. The summed E-state index contributed by atoms with van der Waals surface area (Å²) in [7, 11) is 1.67. The van der Waals surface area contributed by atoms with E-state index in [9.17, 15) is 4.79 Å². The highest BCUT2D eigenvalue weighted by atomic mass is 35.5. The second-order valence-electron chi connectivity index (χ2n) is 5.51. The molecule has 1 aromatic carbocycles. The Morgan fingerprint density at radius 2 is 2.12 bits per heavy atom. The summed E-state index contributed by atoms with van der Waals surface area (Å²) in [5.41, 5.74) is 3.75. The lowest BCUT2D eigenvalue weighted by molar-refractivity contribution is -0.113. The fourth-order valence-corrected chi connectivity index (χ4v) is 3.28. The average Bonchev–Trinajstić information content (AvgIpc) is 2.81. The first-order chi connectivity index (χ1) is 11.4. The van der Waals surface area contributed by atoms with Gasteiger partial charge in [0, 0.05) is 30.1 Å². The van der Waals surface area contributed by atoms with Crippen molar-refractivity contribution in [2.24, 2.45) is 0 Å². The molecule has 0 aliphatic carbocycles. The summed E-state index contributed by atoms with van der Waals surface area (Å²) in [6, 6.07) is 5.49. The maximum absolute atomic E-state index is 12.2. The molecule has 0 radical (unpaired) electrons. The van der Waals surface area contributed by atoms with E-state index in [2.05, 4.69) is 14.9 Å². The van der Waals surface area contributed by atoms with Crippen LogP contribution < -0.4 is 5.32 Å². The fraction of sp³-hybridized carbons (Fsp3) is 0.412. The standard InChI is InChI=1S/C17H22ClN3O2S/c1-11-5-6-14(9-15(11)18)20-16(22)10-24-17-19-12(2)13(3)21(17)7-8-23-4/h5-6,9H,7-8,10H2,1-4H3,(H,20,22). The first-order valence-corrected chi connectivity index (χ1v) is 9.00. The molecular weight excluding hydrogens is 346 g/mol. The van der Waals surface area contributed by atoms with Crippen molar-refractivity contribution in [3.8, 4) is 0 Å². The number of ether oxygens (including phenoxy) is 1. The topological polar surface area (TPSA) is 56.1 Å². The van der Waals surface area contributed by atoms with Gasteiger partial charge in [-0.15, -0.1) is 0 Å². The third-order valence-electron chi connectivity index (χ3n) is 3.73. The van der Waals surface area contributed by atoms with Gasteiger partial charge in [-0.05, 0) is 38.5 Å². The molecule has 0 spiro atoms. The van der Waals surface area contributed by atoms with Crippen LogP contribution in [0.1, 0.15) is 17.0 Å². The lowest BCUT2D eigenvalue weighted by Crippen LogP contribution is -2.15. The lowest BCUT2D eigenvalue weighted by atomic mass is 10.2. The second-order valence-corrected chi connectivity index (χ2v) is 6.86. The third kappa shape index (κ3) is 4.75. The molecule has 1 aromatic heterocycles. The molecular formula is C17H22ClN3O2S. The van der Waals surface area contributed by atoms with E-state index in [1.54, 1.807) is 13.2 Å². The number of aryl methyl sites for hydroxylation is 2. The quantitative estimate of drug-likeness (QED) is 0.755. The highest BCUT2D eigenvalue weighted by Gasteiger charge is 2.13. The van der Waals surface area contributed by atoms with Gasteiger partial charge in [-0.1, -0.05) is 29.4 Å². The van der Waals surface area contributed by atoms with Crippen LogP contribution in [0.3, 0.4) is 0 Å². The van der Waals surface area contributed by atoms with Crippen LogP contribution in [0.4, 0.5) is 5.69 Å². The number of methoxy groups -OCH3 is 1. The summed E-state index contributed by atoms with van der Waals surface area (Å²) in [5, 5.41) is 4.33. The summed E-state index contributed by atoms with van der Waals surface area (Å²) in [4.78, 5) is 16.7. The van der Waals surface area contributed by atoms with Crippen LogP contribution >= 0.6 is 23.4 Å². The van der Waals surface area contributed by atoms with E-state index in [0.717, 1.165) is 28.7 Å². The predicted molar refractivity (Wildman–Crippen MR) is 99.1 cm³/mol. The number of aromatic nitrogens is 2. The molecule has 0 aliphatic heterocycles. The number of hydrogen-bond donors (Lipinski definition) is 1. The number of carbonyl (C=O) groups is 1. The van der Waals surface area contributed by atoms with Crippen LogP contribution in [0.15, 0.2) is 23.4 Å². The van der Waals surface area contributed by atoms with Crippen LogP contribution in [-0.4, -0.2) is 34.9 Å². The molecule has 2 aromatic rings. The Labute approximate surface area is 151 Å². The molecule has 7 heteroatoms. The van der Waals surface area contributed by atoms with Crippen LogP contribution in [0, 0.1) is 20.8 Å². The van der Waals surface area contributed by atoms with Crippen molar-refractivity contribution in [1.29, 1.82) is 0 Å². The van der Waals surface area contributed by atoms with Gasteiger partial charge < -0.3 is 14.6 Å². The van der Waals surface area contributed by atoms with Crippen LogP contribution in [0.2, 0.25) is 5.02 Å². The zero-order chi connectivity index (χ0) is 17.7. The number of nitrogens with one attached hydrogen (secondary N) is 1. The Hall–Kier alpha value is -1.50. The normalized spacial score (nSPS) is 10.9. The minimum Gasteiger partial charge on any atom is -0.383 e. The number of thioether (sulfide) groups is 1. The molecule has 0 unspecified atom stereocenters. The van der Waals surface area contributed by atoms with E-state index >= 15 is 0 Å². The monoisotopic (exact) mass is 367 g/mol. The maximum Gasteiger partial charge on any atom is 0.234 e. The summed E-state index contributed by atoms with van der Waals surface area (Å²) in [6.07, 6.45) is 0. The van der Waals surface area contributed by atoms with E-state index < -0.39 is 0 Å². The summed E-state index contributed by atoms with van der Waals surface area (Å²) in [6.45, 7) is 7.25. The zero-order valence-corrected chi connectivity index (χ0v) is 15.9. The number of halogens is 1. The Kier molecular flexibility index (Phi) is 6.71. The number of amides is 1. The Bertz CT molecular complexity index is 731. The van der Waals surface area contributed by atoms with Crippen LogP contribution in [0.5, 0.6) is 0 Å². The third-order valence-corrected chi connectivity index (χ3v) is 5.11. The number of imidazole rings is 1. The van der Waals surface area contributed by atoms with E-state index in [4.69, 9.17) is 16.3 Å². The van der Waals surface area contributed by atoms with Gasteiger partial charge in [0.1, 0.15) is 0 Å². The first-order valence-electron chi connectivity index (χ1n) is 7.64. The van der Waals surface area contributed by atoms with E-state index in [-0.39, 0.29) is 11.7 Å². The molecule has 24 heavy (non-hydrogen) atoms. The lowest BCUT2D eigenvalue weighted by Gasteiger charge is -2.10. The number of anilines is 1. The minimum atomic E-state index is -0.0866. The van der Waals surface area contributed by atoms with E-state index in [1.807, 2.05) is 32.9 Å². The SMILES string of the molecule is COCCn1c(SCC(=O)Nc2ccc(C)c(Cl)c2)nc(C)c1C. The smallest absolute Gasteiger partial charge is 0.234 e. The van der Waals surface area contributed by atoms with E-state index in [1.165, 1.54) is 11.8 Å². The van der Waals surface area contributed by atoms with Crippen molar-refractivity contribution in [2.75, 3.05) is 24.8 Å². The van der Waals surface area contributed by atoms with Crippen molar-refractivity contribution >= 4 is 35.0 Å². The molecule has 130 valence electrons. The predicted octanol–water partition coefficient (Wildman–Crippen LogP) is 3.84. The molecule has 0 aliphatic rings. The molecule has 0 fully saturated rings. The van der Waals surface area contributed by atoms with Gasteiger partial charge in [0.15, 0.2) is 5.16 Å². The van der Waals surface area contributed by atoms with Gasteiger partial charge in [-0.25, -0.2) is 4.98 Å². The first kappa shape index (κ1) is 18.8. The minimum absolute atomic E-state index is 0.0866. The van der Waals surface area contributed by atoms with Crippen LogP contribution in [0.25, 0.3) is 0 Å². The molecule has 5 nitrogen and oxygen atoms in total. The van der Waals surface area contributed by atoms with Crippen molar-refractivity contribution in [2.45, 2.75) is 32.5 Å². The Morgan fingerprint density at radius 3 is 2.79 bits per heavy atom. The molecule has 0 saturated heterocycles. The molecule has 0 saturated carbocycles. The van der Waals surface area contributed by atoms with E-state index in [0.29, 0.717) is 17.3 Å².